The van der Waals surface area contributed by atoms with Crippen LogP contribution in [-0.2, 0) is 11.3 Å². The molecule has 1 amide bonds. The van der Waals surface area contributed by atoms with Crippen molar-refractivity contribution in [1.29, 1.82) is 0 Å². The first-order chi connectivity index (χ1) is 13.1. The van der Waals surface area contributed by atoms with Gasteiger partial charge in [0, 0.05) is 28.9 Å². The maximum atomic E-state index is 12.8. The highest BCUT2D eigenvalue weighted by Crippen LogP contribution is 2.34. The highest BCUT2D eigenvalue weighted by Gasteiger charge is 2.29. The Morgan fingerprint density at radius 3 is 2.96 bits per heavy atom. The van der Waals surface area contributed by atoms with Crippen molar-refractivity contribution in [2.45, 2.75) is 39.3 Å². The third-order valence-corrected chi connectivity index (χ3v) is 6.29. The Bertz CT molecular complexity index is 936. The SMILES string of the molecule is Cc1cc(/C=C/C(=O)N2CCC[C@@H]2c2cccs2)c(C)n1Cc1ccco1. The van der Waals surface area contributed by atoms with E-state index in [2.05, 4.69) is 42.0 Å². The zero-order valence-corrected chi connectivity index (χ0v) is 16.5. The lowest BCUT2D eigenvalue weighted by Gasteiger charge is -2.22. The minimum Gasteiger partial charge on any atom is -0.467 e. The Hall–Kier alpha value is -2.53. The first-order valence-corrected chi connectivity index (χ1v) is 10.2. The average Bonchev–Trinajstić information content (AvgIpc) is 3.44. The molecule has 140 valence electrons. The van der Waals surface area contributed by atoms with Gasteiger partial charge in [-0.1, -0.05) is 6.07 Å². The van der Waals surface area contributed by atoms with Crippen molar-refractivity contribution in [3.05, 3.63) is 75.6 Å². The van der Waals surface area contributed by atoms with Gasteiger partial charge in [0.25, 0.3) is 0 Å². The van der Waals surface area contributed by atoms with E-state index in [0.29, 0.717) is 6.54 Å². The first-order valence-electron chi connectivity index (χ1n) is 9.34. The van der Waals surface area contributed by atoms with Crippen LogP contribution >= 0.6 is 11.3 Å². The molecule has 1 aliphatic rings. The molecule has 0 aliphatic carbocycles. The number of rotatable bonds is 5. The highest BCUT2D eigenvalue weighted by molar-refractivity contribution is 7.10. The standard InChI is InChI=1S/C22H24N2O2S/c1-16-14-18(17(2)24(16)15-19-6-4-12-26-19)9-10-22(25)23-11-3-7-20(23)21-8-5-13-27-21/h4-6,8-10,12-14,20H,3,7,11,15H2,1-2H3/b10-9+/t20-/m1/s1. The van der Waals surface area contributed by atoms with Crippen molar-refractivity contribution < 1.29 is 9.21 Å². The minimum absolute atomic E-state index is 0.0988. The second kappa shape index (κ2) is 7.61. The predicted molar refractivity (Wildman–Crippen MR) is 109 cm³/mol. The van der Waals surface area contributed by atoms with E-state index in [0.717, 1.165) is 42.1 Å². The zero-order chi connectivity index (χ0) is 18.8. The van der Waals surface area contributed by atoms with Crippen molar-refractivity contribution in [1.82, 2.24) is 9.47 Å². The van der Waals surface area contributed by atoms with Gasteiger partial charge in [-0.15, -0.1) is 11.3 Å². The molecular formula is C22H24N2O2S. The molecule has 4 heterocycles. The fraction of sp³-hybridized carbons (Fsp3) is 0.318. The monoisotopic (exact) mass is 380 g/mol. The number of furan rings is 1. The summed E-state index contributed by atoms with van der Waals surface area (Å²) in [6, 6.07) is 10.4. The van der Waals surface area contributed by atoms with E-state index < -0.39 is 0 Å². The fourth-order valence-corrected chi connectivity index (χ4v) is 4.74. The van der Waals surface area contributed by atoms with Crippen LogP contribution in [-0.4, -0.2) is 21.9 Å². The molecular weight excluding hydrogens is 356 g/mol. The van der Waals surface area contributed by atoms with Crippen LogP contribution in [0.1, 0.15) is 46.5 Å². The Morgan fingerprint density at radius 2 is 2.22 bits per heavy atom. The summed E-state index contributed by atoms with van der Waals surface area (Å²) in [6.07, 6.45) is 7.50. The van der Waals surface area contributed by atoms with E-state index in [1.807, 2.05) is 23.1 Å². The molecule has 4 rings (SSSR count). The molecule has 1 fully saturated rings. The second-order valence-corrected chi connectivity index (χ2v) is 8.01. The smallest absolute Gasteiger partial charge is 0.247 e. The maximum Gasteiger partial charge on any atom is 0.247 e. The van der Waals surface area contributed by atoms with Crippen LogP contribution in [0.15, 0.2) is 52.5 Å². The molecule has 0 spiro atoms. The summed E-state index contributed by atoms with van der Waals surface area (Å²) in [5, 5.41) is 2.08. The average molecular weight is 381 g/mol. The Morgan fingerprint density at radius 1 is 1.33 bits per heavy atom. The van der Waals surface area contributed by atoms with Crippen molar-refractivity contribution in [2.24, 2.45) is 0 Å². The molecule has 0 unspecified atom stereocenters. The van der Waals surface area contributed by atoms with Gasteiger partial charge in [-0.25, -0.2) is 0 Å². The van der Waals surface area contributed by atoms with Crippen LogP contribution in [0, 0.1) is 13.8 Å². The number of carbonyl (C=O) groups is 1. The number of hydrogen-bond donors (Lipinski definition) is 0. The highest BCUT2D eigenvalue weighted by atomic mass is 32.1. The van der Waals surface area contributed by atoms with E-state index in [4.69, 9.17) is 4.42 Å². The minimum atomic E-state index is 0.0988. The topological polar surface area (TPSA) is 38.4 Å². The van der Waals surface area contributed by atoms with Crippen molar-refractivity contribution >= 4 is 23.3 Å². The Kier molecular flexibility index (Phi) is 5.03. The third-order valence-electron chi connectivity index (χ3n) is 5.32. The van der Waals surface area contributed by atoms with Gasteiger partial charge in [-0.05, 0) is 68.0 Å². The van der Waals surface area contributed by atoms with Crippen LogP contribution in [0.2, 0.25) is 0 Å². The summed E-state index contributed by atoms with van der Waals surface area (Å²) in [5.74, 6) is 1.03. The number of amides is 1. The van der Waals surface area contributed by atoms with Gasteiger partial charge in [0.2, 0.25) is 5.91 Å². The van der Waals surface area contributed by atoms with Gasteiger partial charge in [0.15, 0.2) is 0 Å². The molecule has 0 saturated carbocycles. The number of aryl methyl sites for hydroxylation is 1. The van der Waals surface area contributed by atoms with Gasteiger partial charge >= 0.3 is 0 Å². The second-order valence-electron chi connectivity index (χ2n) is 7.03. The van der Waals surface area contributed by atoms with Gasteiger partial charge in [0.1, 0.15) is 5.76 Å². The van der Waals surface area contributed by atoms with Gasteiger partial charge in [-0.2, -0.15) is 0 Å². The summed E-state index contributed by atoms with van der Waals surface area (Å²) in [5.41, 5.74) is 3.39. The summed E-state index contributed by atoms with van der Waals surface area (Å²) in [6.45, 7) is 5.72. The number of aromatic nitrogens is 1. The summed E-state index contributed by atoms with van der Waals surface area (Å²) in [7, 11) is 0. The lowest BCUT2D eigenvalue weighted by molar-refractivity contribution is -0.126. The molecule has 1 saturated heterocycles. The van der Waals surface area contributed by atoms with Crippen LogP contribution in [0.3, 0.4) is 0 Å². The largest absolute Gasteiger partial charge is 0.467 e. The molecule has 0 aromatic carbocycles. The van der Waals surface area contributed by atoms with E-state index >= 15 is 0 Å². The third kappa shape index (κ3) is 3.65. The van der Waals surface area contributed by atoms with E-state index in [9.17, 15) is 4.79 Å². The molecule has 3 aromatic rings. The van der Waals surface area contributed by atoms with Crippen LogP contribution in [0.25, 0.3) is 6.08 Å². The van der Waals surface area contributed by atoms with Crippen molar-refractivity contribution in [3.63, 3.8) is 0 Å². The van der Waals surface area contributed by atoms with Crippen LogP contribution < -0.4 is 0 Å². The van der Waals surface area contributed by atoms with Crippen molar-refractivity contribution in [2.75, 3.05) is 6.54 Å². The molecule has 0 N–H and O–H groups in total. The quantitative estimate of drug-likeness (QED) is 0.572. The van der Waals surface area contributed by atoms with Gasteiger partial charge in [0.05, 0.1) is 18.8 Å². The number of carbonyl (C=O) groups excluding carboxylic acids is 1. The van der Waals surface area contributed by atoms with E-state index in [1.54, 1.807) is 23.7 Å². The lowest BCUT2D eigenvalue weighted by Crippen LogP contribution is -2.28. The normalized spacial score (nSPS) is 17.3. The Balaban J connectivity index is 1.50. The molecule has 0 bridgehead atoms. The molecule has 3 aromatic heterocycles. The zero-order valence-electron chi connectivity index (χ0n) is 15.7. The predicted octanol–water partition coefficient (Wildman–Crippen LogP) is 5.18. The van der Waals surface area contributed by atoms with E-state index in [1.165, 1.54) is 4.88 Å². The van der Waals surface area contributed by atoms with Gasteiger partial charge in [-0.3, -0.25) is 4.79 Å². The molecule has 0 radical (unpaired) electrons. The molecule has 1 aliphatic heterocycles. The first kappa shape index (κ1) is 17.9. The van der Waals surface area contributed by atoms with Gasteiger partial charge < -0.3 is 13.9 Å². The molecule has 4 nitrogen and oxygen atoms in total. The number of thiophene rings is 1. The molecule has 5 heteroatoms. The number of hydrogen-bond acceptors (Lipinski definition) is 3. The summed E-state index contributed by atoms with van der Waals surface area (Å²) < 4.78 is 7.69. The molecule has 27 heavy (non-hydrogen) atoms. The summed E-state index contributed by atoms with van der Waals surface area (Å²) in [4.78, 5) is 16.1. The van der Waals surface area contributed by atoms with Crippen molar-refractivity contribution in [3.8, 4) is 0 Å². The van der Waals surface area contributed by atoms with Crippen LogP contribution in [0.4, 0.5) is 0 Å². The lowest BCUT2D eigenvalue weighted by atomic mass is 10.2. The van der Waals surface area contributed by atoms with E-state index in [-0.39, 0.29) is 11.9 Å². The van der Waals surface area contributed by atoms with Crippen LogP contribution in [0.5, 0.6) is 0 Å². The summed E-state index contributed by atoms with van der Waals surface area (Å²) >= 11 is 1.73. The maximum absolute atomic E-state index is 12.8. The number of nitrogens with zero attached hydrogens (tertiary/aromatic N) is 2. The molecule has 1 atom stereocenters. The number of likely N-dealkylation sites (tertiary alicyclic amines) is 1. The fourth-order valence-electron chi connectivity index (χ4n) is 3.86. The Labute approximate surface area is 163 Å².